The van der Waals surface area contributed by atoms with Crippen LogP contribution in [0.4, 0.5) is 0 Å². The average Bonchev–Trinajstić information content (AvgIpc) is 2.54. The lowest BCUT2D eigenvalue weighted by atomic mass is 10.0. The summed E-state index contributed by atoms with van der Waals surface area (Å²) in [4.78, 5) is 0. The highest BCUT2D eigenvalue weighted by atomic mass is 15.1. The number of H-pyrrole nitrogens is 1. The number of hydrogen-bond acceptors (Lipinski definition) is 1. The highest BCUT2D eigenvalue weighted by molar-refractivity contribution is 5.72. The van der Waals surface area contributed by atoms with Crippen LogP contribution in [0, 0.1) is 6.92 Å². The number of aromatic amines is 1. The molecule has 1 aliphatic carbocycles. The minimum atomic E-state index is 1.06. The van der Waals surface area contributed by atoms with Gasteiger partial charge in [0.15, 0.2) is 0 Å². The van der Waals surface area contributed by atoms with Crippen LogP contribution in [0.15, 0.2) is 24.3 Å². The lowest BCUT2D eigenvalue weighted by Gasteiger charge is -2.01. The summed E-state index contributed by atoms with van der Waals surface area (Å²) in [6.07, 6.45) is 8.86. The van der Waals surface area contributed by atoms with Gasteiger partial charge in [0, 0.05) is 5.69 Å². The van der Waals surface area contributed by atoms with Gasteiger partial charge in [0.25, 0.3) is 0 Å². The second-order valence-electron chi connectivity index (χ2n) is 3.08. The zero-order valence-electron chi connectivity index (χ0n) is 7.17. The first-order chi connectivity index (χ1) is 5.86. The zero-order chi connectivity index (χ0) is 8.39. The molecular weight excluding hydrogens is 148 g/mol. The number of aromatic nitrogens is 2. The molecule has 1 aliphatic rings. The number of hydrogen-bond donors (Lipinski definition) is 1. The van der Waals surface area contributed by atoms with Crippen LogP contribution in [0.5, 0.6) is 0 Å². The number of aryl methyl sites for hydroxylation is 1. The summed E-state index contributed by atoms with van der Waals surface area (Å²) in [6.45, 7) is 2.02. The molecule has 0 aliphatic heterocycles. The Hall–Kier alpha value is -1.31. The van der Waals surface area contributed by atoms with Crippen LogP contribution >= 0.6 is 0 Å². The van der Waals surface area contributed by atoms with Crippen LogP contribution in [0.2, 0.25) is 0 Å². The summed E-state index contributed by atoms with van der Waals surface area (Å²) >= 11 is 0. The van der Waals surface area contributed by atoms with E-state index in [4.69, 9.17) is 0 Å². The first kappa shape index (κ1) is 7.35. The Balaban J connectivity index is 2.30. The molecule has 62 valence electrons. The van der Waals surface area contributed by atoms with Gasteiger partial charge < -0.3 is 0 Å². The van der Waals surface area contributed by atoms with Gasteiger partial charge in [0.2, 0.25) is 0 Å². The molecule has 1 aromatic heterocycles. The van der Waals surface area contributed by atoms with Gasteiger partial charge in [-0.2, -0.15) is 5.10 Å². The number of nitrogens with zero attached hydrogens (tertiary/aromatic N) is 1. The van der Waals surface area contributed by atoms with E-state index in [0.717, 1.165) is 24.2 Å². The molecule has 2 rings (SSSR count). The summed E-state index contributed by atoms with van der Waals surface area (Å²) in [5, 5.41) is 7.14. The normalized spacial score (nSPS) is 16.2. The summed E-state index contributed by atoms with van der Waals surface area (Å²) in [5.41, 5.74) is 3.42. The Labute approximate surface area is 72.0 Å². The van der Waals surface area contributed by atoms with Crippen molar-refractivity contribution in [2.75, 3.05) is 0 Å². The molecule has 2 nitrogen and oxygen atoms in total. The third-order valence-electron chi connectivity index (χ3n) is 2.00. The molecule has 0 unspecified atom stereocenters. The fraction of sp³-hybridized carbons (Fsp3) is 0.300. The molecule has 0 atom stereocenters. The molecule has 1 heterocycles. The van der Waals surface area contributed by atoms with Crippen molar-refractivity contribution in [3.63, 3.8) is 0 Å². The lowest BCUT2D eigenvalue weighted by Crippen LogP contribution is -1.85. The Morgan fingerprint density at radius 1 is 1.42 bits per heavy atom. The summed E-state index contributed by atoms with van der Waals surface area (Å²) < 4.78 is 0. The molecule has 0 saturated carbocycles. The van der Waals surface area contributed by atoms with Crippen LogP contribution in [0.3, 0.4) is 0 Å². The van der Waals surface area contributed by atoms with E-state index in [1.165, 1.54) is 5.57 Å². The van der Waals surface area contributed by atoms with Gasteiger partial charge in [-0.3, -0.25) is 5.10 Å². The SMILES string of the molecule is Cc1cc(C2=CCCC=C2)n[nH]1. The van der Waals surface area contributed by atoms with Crippen molar-refractivity contribution < 1.29 is 0 Å². The molecule has 0 radical (unpaired) electrons. The molecule has 1 aromatic rings. The largest absolute Gasteiger partial charge is 0.282 e. The molecule has 0 bridgehead atoms. The first-order valence-electron chi connectivity index (χ1n) is 4.25. The predicted molar refractivity (Wildman–Crippen MR) is 49.7 cm³/mol. The van der Waals surface area contributed by atoms with Crippen LogP contribution in [-0.4, -0.2) is 10.2 Å². The fourth-order valence-corrected chi connectivity index (χ4v) is 1.37. The van der Waals surface area contributed by atoms with E-state index in [9.17, 15) is 0 Å². The Morgan fingerprint density at radius 2 is 2.33 bits per heavy atom. The van der Waals surface area contributed by atoms with Crippen LogP contribution in [0.25, 0.3) is 5.57 Å². The number of nitrogens with one attached hydrogen (secondary N) is 1. The van der Waals surface area contributed by atoms with Crippen molar-refractivity contribution in [3.05, 3.63) is 35.7 Å². The van der Waals surface area contributed by atoms with E-state index < -0.39 is 0 Å². The number of rotatable bonds is 1. The molecular formula is C10H12N2. The maximum Gasteiger partial charge on any atom is 0.0920 e. The fourth-order valence-electron chi connectivity index (χ4n) is 1.37. The van der Waals surface area contributed by atoms with E-state index >= 15 is 0 Å². The molecule has 0 fully saturated rings. The van der Waals surface area contributed by atoms with Crippen LogP contribution in [0.1, 0.15) is 24.2 Å². The van der Waals surface area contributed by atoms with Gasteiger partial charge in [0.1, 0.15) is 0 Å². The van der Waals surface area contributed by atoms with Gasteiger partial charge in [-0.15, -0.1) is 0 Å². The van der Waals surface area contributed by atoms with Crippen molar-refractivity contribution in [1.82, 2.24) is 10.2 Å². The quantitative estimate of drug-likeness (QED) is 0.671. The monoisotopic (exact) mass is 160 g/mol. The second kappa shape index (κ2) is 2.97. The van der Waals surface area contributed by atoms with E-state index in [1.54, 1.807) is 0 Å². The predicted octanol–water partition coefficient (Wildman–Crippen LogP) is 2.45. The van der Waals surface area contributed by atoms with Crippen LogP contribution < -0.4 is 0 Å². The smallest absolute Gasteiger partial charge is 0.0920 e. The van der Waals surface area contributed by atoms with E-state index in [0.29, 0.717) is 0 Å². The first-order valence-corrected chi connectivity index (χ1v) is 4.25. The van der Waals surface area contributed by atoms with Crippen molar-refractivity contribution in [3.8, 4) is 0 Å². The highest BCUT2D eigenvalue weighted by Gasteiger charge is 2.03. The van der Waals surface area contributed by atoms with E-state index in [2.05, 4.69) is 34.5 Å². The molecule has 0 aromatic carbocycles. The van der Waals surface area contributed by atoms with Gasteiger partial charge >= 0.3 is 0 Å². The van der Waals surface area contributed by atoms with Gasteiger partial charge in [0.05, 0.1) is 5.69 Å². The summed E-state index contributed by atoms with van der Waals surface area (Å²) in [6, 6.07) is 2.07. The third-order valence-corrected chi connectivity index (χ3v) is 2.00. The maximum atomic E-state index is 4.19. The van der Waals surface area contributed by atoms with Crippen molar-refractivity contribution in [1.29, 1.82) is 0 Å². The van der Waals surface area contributed by atoms with E-state index in [-0.39, 0.29) is 0 Å². The van der Waals surface area contributed by atoms with Crippen LogP contribution in [-0.2, 0) is 0 Å². The Morgan fingerprint density at radius 3 is 2.92 bits per heavy atom. The summed E-state index contributed by atoms with van der Waals surface area (Å²) in [5.74, 6) is 0. The molecule has 0 saturated heterocycles. The minimum Gasteiger partial charge on any atom is -0.282 e. The number of allylic oxidation sites excluding steroid dienone is 4. The zero-order valence-corrected chi connectivity index (χ0v) is 7.17. The van der Waals surface area contributed by atoms with Crippen molar-refractivity contribution >= 4 is 5.57 Å². The Kier molecular flexibility index (Phi) is 1.82. The maximum absolute atomic E-state index is 4.19. The molecule has 0 amide bonds. The van der Waals surface area contributed by atoms with Gasteiger partial charge in [-0.25, -0.2) is 0 Å². The lowest BCUT2D eigenvalue weighted by molar-refractivity contribution is 1.02. The molecule has 0 spiro atoms. The summed E-state index contributed by atoms with van der Waals surface area (Å²) in [7, 11) is 0. The second-order valence-corrected chi connectivity index (χ2v) is 3.08. The minimum absolute atomic E-state index is 1.06. The van der Waals surface area contributed by atoms with Gasteiger partial charge in [-0.05, 0) is 31.4 Å². The van der Waals surface area contributed by atoms with Crippen molar-refractivity contribution in [2.45, 2.75) is 19.8 Å². The van der Waals surface area contributed by atoms with Gasteiger partial charge in [-0.1, -0.05) is 18.2 Å². The Bertz CT molecular complexity index is 331. The highest BCUT2D eigenvalue weighted by Crippen LogP contribution is 2.19. The van der Waals surface area contributed by atoms with E-state index in [1.807, 2.05) is 6.92 Å². The average molecular weight is 160 g/mol. The molecule has 2 heteroatoms. The third kappa shape index (κ3) is 1.33. The molecule has 12 heavy (non-hydrogen) atoms. The standard InChI is InChI=1S/C10H12N2/c1-8-7-10(12-11-8)9-5-3-2-4-6-9/h3,5-7H,2,4H2,1H3,(H,11,12). The molecule has 1 N–H and O–H groups in total. The topological polar surface area (TPSA) is 28.7 Å². The van der Waals surface area contributed by atoms with Crippen molar-refractivity contribution in [2.24, 2.45) is 0 Å².